The predicted octanol–water partition coefficient (Wildman–Crippen LogP) is 3.06. The molecule has 0 bridgehead atoms. The van der Waals surface area contributed by atoms with E-state index in [0.717, 1.165) is 0 Å². The zero-order chi connectivity index (χ0) is 10.6. The summed E-state index contributed by atoms with van der Waals surface area (Å²) in [6.07, 6.45) is 30.0. The van der Waals surface area contributed by atoms with Crippen LogP contribution >= 0.6 is 0 Å². The van der Waals surface area contributed by atoms with Crippen molar-refractivity contribution in [1.29, 1.82) is 0 Å². The molecule has 3 fully saturated rings. The van der Waals surface area contributed by atoms with Gasteiger partial charge in [0, 0.05) is 36.9 Å². The Morgan fingerprint density at radius 3 is 0.312 bits per heavy atom. The summed E-state index contributed by atoms with van der Waals surface area (Å²) in [5.41, 5.74) is 0. The summed E-state index contributed by atoms with van der Waals surface area (Å²) in [4.78, 5) is 0. The molecule has 0 amide bonds. The molecule has 3 aliphatic rings. The first kappa shape index (κ1) is 17.2. The molecule has 0 heterocycles. The SMILES string of the molecule is [CH]1[CH][CH][CH][CH]1.[CH]1[CH][CH][CH][CH]1.[CH]1[CH][CH][CH][CH]1.[Lu]. The third-order valence-electron chi connectivity index (χ3n) is 1.67. The van der Waals surface area contributed by atoms with Crippen LogP contribution in [-0.4, -0.2) is 0 Å². The van der Waals surface area contributed by atoms with Crippen LogP contribution in [0.3, 0.4) is 0 Å². The molecule has 0 aliphatic heterocycles. The molecule has 0 aromatic heterocycles. The van der Waals surface area contributed by atoms with Crippen molar-refractivity contribution in [2.24, 2.45) is 0 Å². The van der Waals surface area contributed by atoms with Gasteiger partial charge in [0.15, 0.2) is 0 Å². The van der Waals surface area contributed by atoms with E-state index in [-0.39, 0.29) is 36.9 Å². The van der Waals surface area contributed by atoms with Crippen molar-refractivity contribution < 1.29 is 36.9 Å². The van der Waals surface area contributed by atoms with Crippen LogP contribution in [0.2, 0.25) is 0 Å². The van der Waals surface area contributed by atoms with E-state index in [0.29, 0.717) is 0 Å². The third kappa shape index (κ3) is 11.7. The van der Waals surface area contributed by atoms with Crippen LogP contribution in [0.15, 0.2) is 0 Å². The first-order valence-corrected chi connectivity index (χ1v) is 5.00. The van der Waals surface area contributed by atoms with Gasteiger partial charge in [-0.1, -0.05) is 0 Å². The third-order valence-corrected chi connectivity index (χ3v) is 1.67. The summed E-state index contributed by atoms with van der Waals surface area (Å²) in [5.74, 6) is 0. The molecule has 3 saturated carbocycles. The van der Waals surface area contributed by atoms with E-state index < -0.39 is 0 Å². The van der Waals surface area contributed by atoms with Crippen molar-refractivity contribution in [2.75, 3.05) is 0 Å². The fourth-order valence-corrected chi connectivity index (χ4v) is 0.962. The molecule has 16 radical (unpaired) electrons. The zero-order valence-corrected chi connectivity index (χ0v) is 10.6. The van der Waals surface area contributed by atoms with Crippen LogP contribution in [0, 0.1) is 133 Å². The van der Waals surface area contributed by atoms with Gasteiger partial charge in [0.25, 0.3) is 0 Å². The van der Waals surface area contributed by atoms with Gasteiger partial charge in [0.1, 0.15) is 0 Å². The van der Waals surface area contributed by atoms with Gasteiger partial charge in [-0.3, -0.25) is 0 Å². The molecule has 0 nitrogen and oxygen atoms in total. The van der Waals surface area contributed by atoms with Crippen LogP contribution in [0.1, 0.15) is 0 Å². The number of hydrogen-bond acceptors (Lipinski definition) is 0. The second-order valence-electron chi connectivity index (χ2n) is 2.89. The Hall–Kier alpha value is 1.23. The maximum Gasteiger partial charge on any atom is 0 e. The summed E-state index contributed by atoms with van der Waals surface area (Å²) in [6.45, 7) is 0. The molecule has 16 heavy (non-hydrogen) atoms. The summed E-state index contributed by atoms with van der Waals surface area (Å²) < 4.78 is 0. The average molecular weight is 370 g/mol. The van der Waals surface area contributed by atoms with Gasteiger partial charge in [-0.05, 0) is 96.3 Å². The minimum Gasteiger partial charge on any atom is -0.0312 e. The molecule has 0 spiro atoms. The van der Waals surface area contributed by atoms with Gasteiger partial charge >= 0.3 is 0 Å². The van der Waals surface area contributed by atoms with E-state index in [4.69, 9.17) is 0 Å². The van der Waals surface area contributed by atoms with Gasteiger partial charge in [0.2, 0.25) is 0 Å². The molecule has 0 saturated heterocycles. The standard InChI is InChI=1S/3C5H5.Lu/c3*1-2-4-5-3-1;/h3*1-5H;. The predicted molar refractivity (Wildman–Crippen MR) is 64.5 cm³/mol. The van der Waals surface area contributed by atoms with Crippen molar-refractivity contribution in [3.63, 3.8) is 0 Å². The van der Waals surface area contributed by atoms with E-state index in [1.807, 2.05) is 96.3 Å². The van der Waals surface area contributed by atoms with Crippen molar-refractivity contribution in [2.45, 2.75) is 0 Å². The maximum atomic E-state index is 2.00. The minimum absolute atomic E-state index is 0. The summed E-state index contributed by atoms with van der Waals surface area (Å²) in [7, 11) is 0. The van der Waals surface area contributed by atoms with Crippen molar-refractivity contribution in [3.8, 4) is 0 Å². The van der Waals surface area contributed by atoms with Crippen molar-refractivity contribution in [3.05, 3.63) is 96.3 Å². The second kappa shape index (κ2) is 14.3. The van der Waals surface area contributed by atoms with Crippen LogP contribution in [-0.2, 0) is 0 Å². The first-order chi connectivity index (χ1) is 7.50. The molecule has 0 aromatic rings. The molecular formula is C15H15Lu. The van der Waals surface area contributed by atoms with Gasteiger partial charge < -0.3 is 0 Å². The fraction of sp³-hybridized carbons (Fsp3) is 0. The Morgan fingerprint density at radius 2 is 0.250 bits per heavy atom. The van der Waals surface area contributed by atoms with Gasteiger partial charge in [-0.15, -0.1) is 0 Å². The molecular weight excluding hydrogens is 355 g/mol. The fourth-order valence-electron chi connectivity index (χ4n) is 0.962. The largest absolute Gasteiger partial charge is 0.0312 e. The zero-order valence-electron chi connectivity index (χ0n) is 8.92. The molecule has 3 aliphatic carbocycles. The molecule has 1 heteroatoms. The average Bonchev–Trinajstić information content (AvgIpc) is 3.09. The van der Waals surface area contributed by atoms with E-state index in [9.17, 15) is 0 Å². The second-order valence-corrected chi connectivity index (χ2v) is 2.89. The van der Waals surface area contributed by atoms with Gasteiger partial charge in [-0.25, -0.2) is 0 Å². The molecule has 0 unspecified atom stereocenters. The Morgan fingerprint density at radius 1 is 0.188 bits per heavy atom. The van der Waals surface area contributed by atoms with Crippen LogP contribution in [0.5, 0.6) is 0 Å². The van der Waals surface area contributed by atoms with Crippen LogP contribution in [0.4, 0.5) is 0 Å². The normalized spacial score (nSPS) is 22.5. The van der Waals surface area contributed by atoms with Gasteiger partial charge in [0.05, 0.1) is 0 Å². The molecule has 0 N–H and O–H groups in total. The minimum atomic E-state index is 0. The Bertz CT molecular complexity index is 64.0. The topological polar surface area (TPSA) is 0 Å². The molecule has 0 aromatic carbocycles. The number of rotatable bonds is 0. The molecule has 0 atom stereocenters. The van der Waals surface area contributed by atoms with Crippen molar-refractivity contribution in [1.82, 2.24) is 0 Å². The van der Waals surface area contributed by atoms with E-state index in [1.165, 1.54) is 0 Å². The summed E-state index contributed by atoms with van der Waals surface area (Å²) in [5, 5.41) is 0. The maximum absolute atomic E-state index is 2.00. The Balaban J connectivity index is 0.000000205. The Kier molecular flexibility index (Phi) is 15.4. The molecule has 3 rings (SSSR count). The van der Waals surface area contributed by atoms with Crippen molar-refractivity contribution >= 4 is 0 Å². The van der Waals surface area contributed by atoms with Gasteiger partial charge in [-0.2, -0.15) is 0 Å². The summed E-state index contributed by atoms with van der Waals surface area (Å²) >= 11 is 0. The smallest absolute Gasteiger partial charge is 0 e. The molecule has 90 valence electrons. The van der Waals surface area contributed by atoms with Crippen LogP contribution < -0.4 is 0 Å². The Labute approximate surface area is 132 Å². The first-order valence-electron chi connectivity index (χ1n) is 5.00. The quantitative estimate of drug-likeness (QED) is 0.615. The van der Waals surface area contributed by atoms with E-state index in [1.54, 1.807) is 0 Å². The summed E-state index contributed by atoms with van der Waals surface area (Å²) in [6, 6.07) is 0. The van der Waals surface area contributed by atoms with E-state index >= 15 is 0 Å². The monoisotopic (exact) mass is 370 g/mol. The number of hydrogen-bond donors (Lipinski definition) is 0. The van der Waals surface area contributed by atoms with Crippen LogP contribution in [0.25, 0.3) is 0 Å². The van der Waals surface area contributed by atoms with E-state index in [2.05, 4.69) is 0 Å².